The molecule has 0 aliphatic rings. The highest BCUT2D eigenvalue weighted by Gasteiger charge is 2.10. The molecule has 0 radical (unpaired) electrons. The minimum absolute atomic E-state index is 0.392. The van der Waals surface area contributed by atoms with Crippen LogP contribution in [0.2, 0.25) is 0 Å². The van der Waals surface area contributed by atoms with Gasteiger partial charge in [-0.1, -0.05) is 6.92 Å². The molecule has 88 valence electrons. The average molecular weight is 230 g/mol. The fourth-order valence-corrected chi connectivity index (χ4v) is 1.80. The molecule has 0 aliphatic carbocycles. The first kappa shape index (κ1) is 11.6. The van der Waals surface area contributed by atoms with Crippen LogP contribution in [0.5, 0.6) is 0 Å². The first-order valence-corrected chi connectivity index (χ1v) is 5.47. The van der Waals surface area contributed by atoms with Crippen molar-refractivity contribution in [3.05, 3.63) is 29.7 Å². The van der Waals surface area contributed by atoms with E-state index in [0.29, 0.717) is 23.7 Å². The van der Waals surface area contributed by atoms with E-state index in [9.17, 15) is 0 Å². The monoisotopic (exact) mass is 230 g/mol. The van der Waals surface area contributed by atoms with Crippen molar-refractivity contribution in [2.45, 2.75) is 13.3 Å². The van der Waals surface area contributed by atoms with E-state index < -0.39 is 0 Å². The molecule has 2 rings (SSSR count). The Kier molecular flexibility index (Phi) is 3.35. The minimum Gasteiger partial charge on any atom is -0.384 e. The molecule has 5 nitrogen and oxygen atoms in total. The molecule has 0 fully saturated rings. The van der Waals surface area contributed by atoms with Crippen LogP contribution in [0.4, 0.5) is 0 Å². The predicted octanol–water partition coefficient (Wildman–Crippen LogP) is 1.43. The third-order valence-electron chi connectivity index (χ3n) is 2.59. The number of ether oxygens (including phenoxy) is 1. The molecular weight excluding hydrogens is 216 g/mol. The lowest BCUT2D eigenvalue weighted by Gasteiger charge is -2.08. The van der Waals surface area contributed by atoms with Crippen molar-refractivity contribution < 1.29 is 4.74 Å². The molecule has 0 saturated carbocycles. The molecule has 1 unspecified atom stereocenters. The number of hydrogen-bond acceptors (Lipinski definition) is 4. The lowest BCUT2D eigenvalue weighted by atomic mass is 10.1. The number of rotatable bonds is 4. The molecule has 0 amide bonds. The van der Waals surface area contributed by atoms with Gasteiger partial charge in [0.05, 0.1) is 11.6 Å². The van der Waals surface area contributed by atoms with Crippen molar-refractivity contribution in [3.63, 3.8) is 0 Å². The Morgan fingerprint density at radius 1 is 1.53 bits per heavy atom. The maximum Gasteiger partial charge on any atom is 0.162 e. The molecule has 0 aromatic carbocycles. The number of hydrogen-bond donors (Lipinski definition) is 0. The maximum atomic E-state index is 8.80. The molecule has 2 heterocycles. The fourth-order valence-electron chi connectivity index (χ4n) is 1.80. The summed E-state index contributed by atoms with van der Waals surface area (Å²) < 4.78 is 7.01. The van der Waals surface area contributed by atoms with Gasteiger partial charge in [0.25, 0.3) is 0 Å². The summed E-state index contributed by atoms with van der Waals surface area (Å²) >= 11 is 0. The van der Waals surface area contributed by atoms with E-state index in [0.717, 1.165) is 12.2 Å². The Labute approximate surface area is 99.7 Å². The van der Waals surface area contributed by atoms with Crippen LogP contribution in [0.3, 0.4) is 0 Å². The van der Waals surface area contributed by atoms with E-state index in [2.05, 4.69) is 23.2 Å². The second-order valence-electron chi connectivity index (χ2n) is 4.14. The van der Waals surface area contributed by atoms with Gasteiger partial charge in [-0.15, -0.1) is 10.2 Å². The zero-order valence-electron chi connectivity index (χ0n) is 9.92. The van der Waals surface area contributed by atoms with Gasteiger partial charge in [0.2, 0.25) is 0 Å². The van der Waals surface area contributed by atoms with Gasteiger partial charge in [0.1, 0.15) is 5.82 Å². The Balaban J connectivity index is 2.28. The average Bonchev–Trinajstić information content (AvgIpc) is 2.72. The first-order valence-electron chi connectivity index (χ1n) is 5.47. The lowest BCUT2D eigenvalue weighted by Crippen LogP contribution is -2.09. The fraction of sp³-hybridized carbons (Fsp3) is 0.417. The van der Waals surface area contributed by atoms with E-state index in [4.69, 9.17) is 10.00 Å². The predicted molar refractivity (Wildman–Crippen MR) is 62.4 cm³/mol. The van der Waals surface area contributed by atoms with Crippen LogP contribution >= 0.6 is 0 Å². The zero-order valence-corrected chi connectivity index (χ0v) is 9.92. The molecule has 0 bridgehead atoms. The lowest BCUT2D eigenvalue weighted by molar-refractivity contribution is 0.158. The molecule has 17 heavy (non-hydrogen) atoms. The van der Waals surface area contributed by atoms with Crippen LogP contribution in [-0.2, 0) is 11.2 Å². The van der Waals surface area contributed by atoms with Gasteiger partial charge in [-0.2, -0.15) is 5.26 Å². The van der Waals surface area contributed by atoms with Gasteiger partial charge in [-0.25, -0.2) is 0 Å². The highest BCUT2D eigenvalue weighted by Crippen LogP contribution is 2.10. The molecule has 0 spiro atoms. The maximum absolute atomic E-state index is 8.80. The Morgan fingerprint density at radius 2 is 2.35 bits per heavy atom. The third kappa shape index (κ3) is 2.43. The number of aromatic nitrogens is 3. The highest BCUT2D eigenvalue weighted by atomic mass is 16.5. The molecule has 2 aromatic heterocycles. The molecule has 0 aliphatic heterocycles. The summed E-state index contributed by atoms with van der Waals surface area (Å²) in [5, 5.41) is 17.0. The van der Waals surface area contributed by atoms with Crippen molar-refractivity contribution in [2.24, 2.45) is 5.92 Å². The highest BCUT2D eigenvalue weighted by molar-refractivity contribution is 5.45. The van der Waals surface area contributed by atoms with Gasteiger partial charge in [-0.05, 0) is 12.0 Å². The van der Waals surface area contributed by atoms with Gasteiger partial charge in [0, 0.05) is 32.4 Å². The van der Waals surface area contributed by atoms with Crippen molar-refractivity contribution in [3.8, 4) is 6.07 Å². The summed E-state index contributed by atoms with van der Waals surface area (Å²) in [6.45, 7) is 2.80. The standard InChI is InChI=1S/C12H14N4O/c1-9(8-17-2)5-11-14-15-12-6-10(7-13)3-4-16(11)12/h3-4,6,9H,5,8H2,1-2H3. The van der Waals surface area contributed by atoms with E-state index in [1.54, 1.807) is 19.2 Å². The summed E-state index contributed by atoms with van der Waals surface area (Å²) in [6.07, 6.45) is 2.64. The van der Waals surface area contributed by atoms with Crippen molar-refractivity contribution in [1.29, 1.82) is 5.26 Å². The molecule has 5 heteroatoms. The van der Waals surface area contributed by atoms with Gasteiger partial charge < -0.3 is 4.74 Å². The quantitative estimate of drug-likeness (QED) is 0.797. The zero-order chi connectivity index (χ0) is 12.3. The van der Waals surface area contributed by atoms with Crippen LogP contribution < -0.4 is 0 Å². The number of pyridine rings is 1. The smallest absolute Gasteiger partial charge is 0.162 e. The SMILES string of the molecule is COCC(C)Cc1nnc2cc(C#N)ccn12. The second kappa shape index (κ2) is 4.93. The number of fused-ring (bicyclic) bond motifs is 1. The molecular formula is C12H14N4O. The van der Waals surface area contributed by atoms with E-state index in [-0.39, 0.29) is 0 Å². The third-order valence-corrected chi connectivity index (χ3v) is 2.59. The normalized spacial score (nSPS) is 12.5. The second-order valence-corrected chi connectivity index (χ2v) is 4.14. The van der Waals surface area contributed by atoms with Crippen LogP contribution in [-0.4, -0.2) is 28.3 Å². The van der Waals surface area contributed by atoms with Gasteiger partial charge in [-0.3, -0.25) is 4.40 Å². The van der Waals surface area contributed by atoms with Gasteiger partial charge >= 0.3 is 0 Å². The topological polar surface area (TPSA) is 63.2 Å². The summed E-state index contributed by atoms with van der Waals surface area (Å²) in [4.78, 5) is 0. The Hall–Kier alpha value is -1.93. The largest absolute Gasteiger partial charge is 0.384 e. The number of nitriles is 1. The minimum atomic E-state index is 0.392. The Morgan fingerprint density at radius 3 is 3.06 bits per heavy atom. The van der Waals surface area contributed by atoms with Crippen molar-refractivity contribution in [2.75, 3.05) is 13.7 Å². The molecule has 0 saturated heterocycles. The van der Waals surface area contributed by atoms with E-state index in [1.807, 2.05) is 10.6 Å². The Bertz CT molecular complexity index is 555. The van der Waals surface area contributed by atoms with E-state index in [1.165, 1.54) is 0 Å². The van der Waals surface area contributed by atoms with E-state index >= 15 is 0 Å². The van der Waals surface area contributed by atoms with Crippen molar-refractivity contribution in [1.82, 2.24) is 14.6 Å². The number of methoxy groups -OCH3 is 1. The summed E-state index contributed by atoms with van der Waals surface area (Å²) in [7, 11) is 1.69. The van der Waals surface area contributed by atoms with Crippen LogP contribution in [0.1, 0.15) is 18.3 Å². The molecule has 0 N–H and O–H groups in total. The summed E-state index contributed by atoms with van der Waals surface area (Å²) in [5.41, 5.74) is 1.31. The van der Waals surface area contributed by atoms with Crippen LogP contribution in [0.15, 0.2) is 18.3 Å². The van der Waals surface area contributed by atoms with Gasteiger partial charge in [0.15, 0.2) is 5.65 Å². The van der Waals surface area contributed by atoms with Crippen LogP contribution in [0, 0.1) is 17.2 Å². The van der Waals surface area contributed by atoms with Crippen LogP contribution in [0.25, 0.3) is 5.65 Å². The molecule has 2 aromatic rings. The molecule has 1 atom stereocenters. The summed E-state index contributed by atoms with van der Waals surface area (Å²) in [6, 6.07) is 5.59. The van der Waals surface area contributed by atoms with Crippen molar-refractivity contribution >= 4 is 5.65 Å². The number of nitrogens with zero attached hydrogens (tertiary/aromatic N) is 4. The first-order chi connectivity index (χ1) is 8.24. The summed E-state index contributed by atoms with van der Waals surface area (Å²) in [5.74, 6) is 1.29.